The van der Waals surface area contributed by atoms with Crippen LogP contribution in [0.2, 0.25) is 0 Å². The topological polar surface area (TPSA) is 32.8 Å². The summed E-state index contributed by atoms with van der Waals surface area (Å²) in [5.74, 6) is 1.50. The first kappa shape index (κ1) is 23.0. The van der Waals surface area contributed by atoms with E-state index >= 15 is 0 Å². The summed E-state index contributed by atoms with van der Waals surface area (Å²) in [5, 5.41) is 2.03. The summed E-state index contributed by atoms with van der Waals surface area (Å²) < 4.78 is 7.02. The van der Waals surface area contributed by atoms with Crippen LogP contribution < -0.4 is 4.74 Å². The second-order valence-electron chi connectivity index (χ2n) is 8.53. The van der Waals surface area contributed by atoms with Gasteiger partial charge in [0.25, 0.3) is 5.91 Å². The normalized spacial score (nSPS) is 14.7. The lowest BCUT2D eigenvalue weighted by atomic mass is 10.0. The minimum absolute atomic E-state index is 0.129. The fourth-order valence-electron chi connectivity index (χ4n) is 3.84. The van der Waals surface area contributed by atoms with Crippen LogP contribution in [-0.4, -0.2) is 41.9 Å². The van der Waals surface area contributed by atoms with E-state index in [1.54, 1.807) is 0 Å². The van der Waals surface area contributed by atoms with Crippen molar-refractivity contribution in [1.82, 2.24) is 9.80 Å². The summed E-state index contributed by atoms with van der Waals surface area (Å²) in [6.45, 7) is 9.07. The Morgan fingerprint density at radius 2 is 1.78 bits per heavy atom. The third-order valence-corrected chi connectivity index (χ3v) is 7.23. The highest BCUT2D eigenvalue weighted by atomic mass is 79.9. The molecule has 1 aromatic heterocycles. The largest absolute Gasteiger partial charge is 0.489 e. The first-order valence-electron chi connectivity index (χ1n) is 11.0. The molecule has 1 amide bonds. The van der Waals surface area contributed by atoms with Gasteiger partial charge in [-0.25, -0.2) is 0 Å². The van der Waals surface area contributed by atoms with Crippen LogP contribution in [0.15, 0.2) is 64.5 Å². The molecule has 4 nitrogen and oxygen atoms in total. The van der Waals surface area contributed by atoms with Gasteiger partial charge in [0, 0.05) is 42.8 Å². The molecule has 3 aromatic rings. The number of carbonyl (C=O) groups excluding carboxylic acids is 1. The SMILES string of the molecule is CC(C)c1ccc(OCc2csc(C(=O)N3CCN(Cc4cccc(Br)c4)CC3)c2)cc1. The molecule has 1 saturated heterocycles. The minimum atomic E-state index is 0.129. The summed E-state index contributed by atoms with van der Waals surface area (Å²) in [5.41, 5.74) is 3.64. The van der Waals surface area contributed by atoms with E-state index in [4.69, 9.17) is 4.74 Å². The van der Waals surface area contributed by atoms with Gasteiger partial charge in [0.2, 0.25) is 0 Å². The predicted octanol–water partition coefficient (Wildman–Crippen LogP) is 6.17. The van der Waals surface area contributed by atoms with Crippen LogP contribution in [0, 0.1) is 0 Å². The van der Waals surface area contributed by atoms with Gasteiger partial charge in [0.15, 0.2) is 0 Å². The fraction of sp³-hybridized carbons (Fsp3) is 0.346. The van der Waals surface area contributed by atoms with E-state index in [1.807, 2.05) is 34.5 Å². The van der Waals surface area contributed by atoms with Crippen molar-refractivity contribution in [2.45, 2.75) is 32.9 Å². The molecular weight excluding hydrogens is 484 g/mol. The molecule has 0 atom stereocenters. The van der Waals surface area contributed by atoms with Crippen LogP contribution in [0.4, 0.5) is 0 Å². The molecule has 0 unspecified atom stereocenters. The van der Waals surface area contributed by atoms with Gasteiger partial charge < -0.3 is 9.64 Å². The molecule has 0 radical (unpaired) electrons. The average Bonchev–Trinajstić information content (AvgIpc) is 3.27. The van der Waals surface area contributed by atoms with Gasteiger partial charge in [-0.1, -0.05) is 54.0 Å². The summed E-state index contributed by atoms with van der Waals surface area (Å²) >= 11 is 5.04. The summed E-state index contributed by atoms with van der Waals surface area (Å²) in [4.78, 5) is 18.1. The third kappa shape index (κ3) is 6.00. The molecule has 0 spiro atoms. The Bertz CT molecular complexity index is 1040. The summed E-state index contributed by atoms with van der Waals surface area (Å²) in [6, 6.07) is 18.6. The number of ether oxygens (including phenoxy) is 1. The molecule has 2 heterocycles. The number of nitrogens with zero attached hydrogens (tertiary/aromatic N) is 2. The molecule has 168 valence electrons. The van der Waals surface area contributed by atoms with Crippen LogP contribution in [-0.2, 0) is 13.2 Å². The Hall–Kier alpha value is -2.15. The number of amides is 1. The van der Waals surface area contributed by atoms with Crippen LogP contribution in [0.3, 0.4) is 0 Å². The molecule has 0 bridgehead atoms. The van der Waals surface area contributed by atoms with Gasteiger partial charge >= 0.3 is 0 Å². The second kappa shape index (κ2) is 10.6. The molecule has 2 aromatic carbocycles. The van der Waals surface area contributed by atoms with Gasteiger partial charge in [-0.05, 0) is 52.8 Å². The number of piperazine rings is 1. The minimum Gasteiger partial charge on any atom is -0.489 e. The van der Waals surface area contributed by atoms with Crippen LogP contribution in [0.25, 0.3) is 0 Å². The average molecular weight is 514 g/mol. The number of benzene rings is 2. The first-order valence-corrected chi connectivity index (χ1v) is 12.7. The Morgan fingerprint density at radius 1 is 1.03 bits per heavy atom. The maximum atomic E-state index is 13.0. The highest BCUT2D eigenvalue weighted by Crippen LogP contribution is 2.22. The monoisotopic (exact) mass is 512 g/mol. The van der Waals surface area contributed by atoms with Crippen molar-refractivity contribution in [3.63, 3.8) is 0 Å². The van der Waals surface area contributed by atoms with Gasteiger partial charge in [0.05, 0.1) is 4.88 Å². The molecule has 1 fully saturated rings. The fourth-order valence-corrected chi connectivity index (χ4v) is 5.15. The lowest BCUT2D eigenvalue weighted by molar-refractivity contribution is 0.0633. The zero-order valence-electron chi connectivity index (χ0n) is 18.6. The van der Waals surface area contributed by atoms with E-state index in [9.17, 15) is 4.79 Å². The zero-order valence-corrected chi connectivity index (χ0v) is 21.0. The van der Waals surface area contributed by atoms with Crippen LogP contribution in [0.1, 0.15) is 46.1 Å². The van der Waals surface area contributed by atoms with Crippen LogP contribution >= 0.6 is 27.3 Å². The molecule has 0 aliphatic carbocycles. The standard InChI is InChI=1S/C26H29BrN2O2S/c1-19(2)22-6-8-24(9-7-22)31-17-21-15-25(32-18-21)26(30)29-12-10-28(11-13-29)16-20-4-3-5-23(27)14-20/h3-9,14-15,18-19H,10-13,16-17H2,1-2H3. The summed E-state index contributed by atoms with van der Waals surface area (Å²) in [6.07, 6.45) is 0. The van der Waals surface area contributed by atoms with E-state index in [0.29, 0.717) is 12.5 Å². The number of halogens is 1. The molecular formula is C26H29BrN2O2S. The van der Waals surface area contributed by atoms with E-state index in [-0.39, 0.29) is 5.91 Å². The van der Waals surface area contributed by atoms with Gasteiger partial charge in [-0.3, -0.25) is 9.69 Å². The molecule has 32 heavy (non-hydrogen) atoms. The molecule has 1 aliphatic rings. The Kier molecular flexibility index (Phi) is 7.66. The van der Waals surface area contributed by atoms with Crippen molar-refractivity contribution in [2.75, 3.05) is 26.2 Å². The number of thiophene rings is 1. The van der Waals surface area contributed by atoms with Crippen molar-refractivity contribution in [3.05, 3.63) is 86.0 Å². The quantitative estimate of drug-likeness (QED) is 0.379. The molecule has 4 rings (SSSR count). The number of hydrogen-bond donors (Lipinski definition) is 0. The number of rotatable bonds is 7. The van der Waals surface area contributed by atoms with E-state index in [0.717, 1.165) is 53.4 Å². The van der Waals surface area contributed by atoms with E-state index < -0.39 is 0 Å². The third-order valence-electron chi connectivity index (χ3n) is 5.77. The predicted molar refractivity (Wildman–Crippen MR) is 135 cm³/mol. The Morgan fingerprint density at radius 3 is 2.47 bits per heavy atom. The van der Waals surface area contributed by atoms with Crippen molar-refractivity contribution in [1.29, 1.82) is 0 Å². The van der Waals surface area contributed by atoms with Crippen molar-refractivity contribution in [2.24, 2.45) is 0 Å². The lowest BCUT2D eigenvalue weighted by Crippen LogP contribution is -2.48. The van der Waals surface area contributed by atoms with Crippen molar-refractivity contribution in [3.8, 4) is 5.75 Å². The van der Waals surface area contributed by atoms with E-state index in [2.05, 4.69) is 65.0 Å². The highest BCUT2D eigenvalue weighted by Gasteiger charge is 2.23. The maximum absolute atomic E-state index is 13.0. The van der Waals surface area contributed by atoms with Crippen LogP contribution in [0.5, 0.6) is 5.75 Å². The molecule has 0 saturated carbocycles. The van der Waals surface area contributed by atoms with Gasteiger partial charge in [0.1, 0.15) is 12.4 Å². The second-order valence-corrected chi connectivity index (χ2v) is 10.4. The van der Waals surface area contributed by atoms with Gasteiger partial charge in [-0.15, -0.1) is 11.3 Å². The lowest BCUT2D eigenvalue weighted by Gasteiger charge is -2.34. The Labute approximate surface area is 202 Å². The molecule has 0 N–H and O–H groups in total. The first-order chi connectivity index (χ1) is 15.5. The maximum Gasteiger partial charge on any atom is 0.264 e. The Balaban J connectivity index is 1.26. The summed E-state index contributed by atoms with van der Waals surface area (Å²) in [7, 11) is 0. The van der Waals surface area contributed by atoms with Crippen molar-refractivity contribution >= 4 is 33.2 Å². The smallest absolute Gasteiger partial charge is 0.264 e. The van der Waals surface area contributed by atoms with E-state index in [1.165, 1.54) is 22.5 Å². The number of carbonyl (C=O) groups is 1. The number of hydrogen-bond acceptors (Lipinski definition) is 4. The highest BCUT2D eigenvalue weighted by molar-refractivity contribution is 9.10. The molecule has 6 heteroatoms. The van der Waals surface area contributed by atoms with Crippen molar-refractivity contribution < 1.29 is 9.53 Å². The van der Waals surface area contributed by atoms with Gasteiger partial charge in [-0.2, -0.15) is 0 Å². The molecule has 1 aliphatic heterocycles. The zero-order chi connectivity index (χ0) is 22.5.